The molecule has 0 amide bonds. The second kappa shape index (κ2) is 12.7. The molecule has 5 heteroatoms. The molecule has 0 fully saturated rings. The SMILES string of the molecule is CC1(C)c2cc(-c3cc(-c4cccnc4)cc(-c4nc(-c5ccccc5)nc(-c5ccccc5)n4)c3)ccc2-c2c1c1cc(C#N)ccc1c1ccccc21. The van der Waals surface area contributed by atoms with Gasteiger partial charge in [0.05, 0.1) is 11.6 Å². The van der Waals surface area contributed by atoms with E-state index < -0.39 is 0 Å². The van der Waals surface area contributed by atoms with E-state index in [0.717, 1.165) is 44.3 Å². The van der Waals surface area contributed by atoms with Crippen LogP contribution in [0.5, 0.6) is 0 Å². The second-order valence-electron chi connectivity index (χ2n) is 14.6. The Kier molecular flexibility index (Phi) is 7.47. The zero-order valence-corrected chi connectivity index (χ0v) is 30.3. The maximum Gasteiger partial charge on any atom is 0.164 e. The van der Waals surface area contributed by atoms with E-state index >= 15 is 0 Å². The van der Waals surface area contributed by atoms with Crippen molar-refractivity contribution in [1.82, 2.24) is 19.9 Å². The first-order valence-corrected chi connectivity index (χ1v) is 18.4. The van der Waals surface area contributed by atoms with Gasteiger partial charge in [-0.3, -0.25) is 4.98 Å². The van der Waals surface area contributed by atoms with Crippen molar-refractivity contribution in [1.29, 1.82) is 5.26 Å². The summed E-state index contributed by atoms with van der Waals surface area (Å²) in [6, 6.07) is 54.8. The van der Waals surface area contributed by atoms with Crippen LogP contribution in [0.2, 0.25) is 0 Å². The maximum atomic E-state index is 9.91. The molecule has 55 heavy (non-hydrogen) atoms. The highest BCUT2D eigenvalue weighted by atomic mass is 15.0. The van der Waals surface area contributed by atoms with E-state index in [-0.39, 0.29) is 5.41 Å². The topological polar surface area (TPSA) is 75.3 Å². The molecular weight excluding hydrogens is 671 g/mol. The fourth-order valence-corrected chi connectivity index (χ4v) is 8.34. The number of hydrogen-bond acceptors (Lipinski definition) is 5. The zero-order valence-electron chi connectivity index (χ0n) is 30.3. The third-order valence-corrected chi connectivity index (χ3v) is 11.0. The Bertz CT molecular complexity index is 2940. The molecule has 0 bridgehead atoms. The van der Waals surface area contributed by atoms with E-state index in [1.54, 1.807) is 6.20 Å². The highest BCUT2D eigenvalue weighted by Gasteiger charge is 2.38. The zero-order chi connectivity index (χ0) is 37.1. The number of fused-ring (bicyclic) bond motifs is 8. The normalized spacial score (nSPS) is 12.7. The van der Waals surface area contributed by atoms with Crippen molar-refractivity contribution in [2.75, 3.05) is 0 Å². The molecule has 0 saturated heterocycles. The van der Waals surface area contributed by atoms with Gasteiger partial charge in [-0.25, -0.2) is 15.0 Å². The van der Waals surface area contributed by atoms with Gasteiger partial charge in [0.15, 0.2) is 17.5 Å². The summed E-state index contributed by atoms with van der Waals surface area (Å²) in [6.07, 6.45) is 3.70. The molecule has 10 rings (SSSR count). The van der Waals surface area contributed by atoms with E-state index in [9.17, 15) is 5.26 Å². The summed E-state index contributed by atoms with van der Waals surface area (Å²) in [5, 5.41) is 14.6. The van der Waals surface area contributed by atoms with Crippen molar-refractivity contribution < 1.29 is 0 Å². The van der Waals surface area contributed by atoms with Gasteiger partial charge in [-0.2, -0.15) is 5.26 Å². The minimum atomic E-state index is -0.329. The molecule has 9 aromatic rings. The van der Waals surface area contributed by atoms with Crippen LogP contribution < -0.4 is 0 Å². The summed E-state index contributed by atoms with van der Waals surface area (Å²) in [5.74, 6) is 1.84. The van der Waals surface area contributed by atoms with Gasteiger partial charge in [0.1, 0.15) is 0 Å². The molecule has 0 N–H and O–H groups in total. The standard InChI is InChI=1S/C50H33N5/c1-50(2)44-28-34(20-22-42(44)45-41-18-10-9-17-39(41)40-21-19-31(29-51)24-43(40)46(45)50)36-25-37(35-16-11-23-52-30-35)27-38(26-36)49-54-47(32-12-5-3-6-13-32)53-48(55-49)33-14-7-4-8-15-33/h3-28,30H,1-2H3. The Morgan fingerprint density at radius 2 is 1.05 bits per heavy atom. The van der Waals surface area contributed by atoms with Crippen molar-refractivity contribution in [3.8, 4) is 73.6 Å². The summed E-state index contributed by atoms with van der Waals surface area (Å²) >= 11 is 0. The Morgan fingerprint density at radius 1 is 0.473 bits per heavy atom. The van der Waals surface area contributed by atoms with Gasteiger partial charge in [-0.1, -0.05) is 123 Å². The van der Waals surface area contributed by atoms with E-state index in [1.807, 2.05) is 79.0 Å². The van der Waals surface area contributed by atoms with Gasteiger partial charge in [-0.15, -0.1) is 0 Å². The van der Waals surface area contributed by atoms with Crippen LogP contribution in [-0.2, 0) is 5.41 Å². The molecule has 0 spiro atoms. The summed E-state index contributed by atoms with van der Waals surface area (Å²) in [7, 11) is 0. The summed E-state index contributed by atoms with van der Waals surface area (Å²) in [4.78, 5) is 19.6. The van der Waals surface area contributed by atoms with Gasteiger partial charge in [0.2, 0.25) is 0 Å². The number of nitriles is 1. The molecular formula is C50H33N5. The van der Waals surface area contributed by atoms with Crippen LogP contribution in [0.15, 0.2) is 164 Å². The molecule has 0 atom stereocenters. The second-order valence-corrected chi connectivity index (χ2v) is 14.6. The van der Waals surface area contributed by atoms with E-state index in [4.69, 9.17) is 15.0 Å². The molecule has 7 aromatic carbocycles. The van der Waals surface area contributed by atoms with Crippen molar-refractivity contribution in [2.45, 2.75) is 19.3 Å². The van der Waals surface area contributed by atoms with E-state index in [1.165, 1.54) is 38.4 Å². The fraction of sp³-hybridized carbons (Fsp3) is 0.0600. The Balaban J connectivity index is 1.19. The Morgan fingerprint density at radius 3 is 1.71 bits per heavy atom. The third kappa shape index (κ3) is 5.38. The van der Waals surface area contributed by atoms with Crippen LogP contribution in [0.3, 0.4) is 0 Å². The average molecular weight is 704 g/mol. The first-order valence-electron chi connectivity index (χ1n) is 18.4. The molecule has 0 aliphatic heterocycles. The molecule has 0 radical (unpaired) electrons. The lowest BCUT2D eigenvalue weighted by atomic mass is 9.78. The molecule has 1 aliphatic carbocycles. The van der Waals surface area contributed by atoms with Gasteiger partial charge in [-0.05, 0) is 103 Å². The average Bonchev–Trinajstić information content (AvgIpc) is 3.50. The molecule has 258 valence electrons. The molecule has 0 unspecified atom stereocenters. The predicted octanol–water partition coefficient (Wildman–Crippen LogP) is 12.1. The van der Waals surface area contributed by atoms with E-state index in [0.29, 0.717) is 23.0 Å². The van der Waals surface area contributed by atoms with Crippen LogP contribution >= 0.6 is 0 Å². The largest absolute Gasteiger partial charge is 0.264 e. The molecule has 5 nitrogen and oxygen atoms in total. The quantitative estimate of drug-likeness (QED) is 0.167. The lowest BCUT2D eigenvalue weighted by Gasteiger charge is -2.24. The van der Waals surface area contributed by atoms with Gasteiger partial charge >= 0.3 is 0 Å². The van der Waals surface area contributed by atoms with Crippen molar-refractivity contribution in [3.63, 3.8) is 0 Å². The molecule has 0 saturated carbocycles. The summed E-state index contributed by atoms with van der Waals surface area (Å²) in [6.45, 7) is 4.63. The van der Waals surface area contributed by atoms with Crippen molar-refractivity contribution >= 4 is 21.5 Å². The monoisotopic (exact) mass is 703 g/mol. The van der Waals surface area contributed by atoms with Crippen LogP contribution in [0.4, 0.5) is 0 Å². The number of nitrogens with zero attached hydrogens (tertiary/aromatic N) is 5. The highest BCUT2D eigenvalue weighted by molar-refractivity contribution is 6.18. The van der Waals surface area contributed by atoms with Crippen LogP contribution in [-0.4, -0.2) is 19.9 Å². The smallest absolute Gasteiger partial charge is 0.164 e. The van der Waals surface area contributed by atoms with Crippen LogP contribution in [0.1, 0.15) is 30.5 Å². The third-order valence-electron chi connectivity index (χ3n) is 11.0. The van der Waals surface area contributed by atoms with Crippen LogP contribution in [0.25, 0.3) is 89.1 Å². The van der Waals surface area contributed by atoms with Crippen LogP contribution in [0, 0.1) is 11.3 Å². The molecule has 1 aliphatic rings. The Hall–Kier alpha value is -7.29. The minimum absolute atomic E-state index is 0.329. The number of aromatic nitrogens is 4. The van der Waals surface area contributed by atoms with Crippen molar-refractivity contribution in [3.05, 3.63) is 181 Å². The van der Waals surface area contributed by atoms with Gasteiger partial charge < -0.3 is 0 Å². The van der Waals surface area contributed by atoms with Gasteiger partial charge in [0.25, 0.3) is 0 Å². The lowest BCUT2D eigenvalue weighted by Crippen LogP contribution is -2.15. The Labute approximate surface area is 319 Å². The van der Waals surface area contributed by atoms with Gasteiger partial charge in [0, 0.05) is 40.1 Å². The predicted molar refractivity (Wildman–Crippen MR) is 222 cm³/mol. The fourth-order valence-electron chi connectivity index (χ4n) is 8.34. The highest BCUT2D eigenvalue weighted by Crippen LogP contribution is 2.55. The number of hydrogen-bond donors (Lipinski definition) is 0. The first kappa shape index (κ1) is 32.4. The number of pyridine rings is 1. The van der Waals surface area contributed by atoms with E-state index in [2.05, 4.69) is 104 Å². The van der Waals surface area contributed by atoms with Crippen molar-refractivity contribution in [2.24, 2.45) is 0 Å². The summed E-state index contributed by atoms with van der Waals surface area (Å²) in [5.41, 5.74) is 12.3. The maximum absolute atomic E-state index is 9.91. The number of benzene rings is 7. The minimum Gasteiger partial charge on any atom is -0.264 e. The lowest BCUT2D eigenvalue weighted by molar-refractivity contribution is 0.667. The summed E-state index contributed by atoms with van der Waals surface area (Å²) < 4.78 is 0. The molecule has 2 heterocycles. The molecule has 2 aromatic heterocycles. The first-order chi connectivity index (χ1) is 27.0. The number of rotatable bonds is 5.